The molecule has 0 bridgehead atoms. The smallest absolute Gasteiger partial charge is 0.261 e. The quantitative estimate of drug-likeness (QED) is 0.667. The van der Waals surface area contributed by atoms with Crippen molar-refractivity contribution in [1.29, 1.82) is 0 Å². The highest BCUT2D eigenvalue weighted by atomic mass is 35.7. The lowest BCUT2D eigenvalue weighted by molar-refractivity contribution is 0.615. The SMILES string of the molecule is C=C1/C=C\N=CC(C)CC=C1S(=O)(=O)Cl. The van der Waals surface area contributed by atoms with Crippen LogP contribution >= 0.6 is 10.7 Å². The van der Waals surface area contributed by atoms with Crippen molar-refractivity contribution in [1.82, 2.24) is 0 Å². The molecule has 3 nitrogen and oxygen atoms in total. The van der Waals surface area contributed by atoms with E-state index in [0.717, 1.165) is 0 Å². The molecule has 0 aromatic heterocycles. The molecular weight excluding hydrogens is 234 g/mol. The Balaban J connectivity index is 3.14. The van der Waals surface area contributed by atoms with Gasteiger partial charge in [0.25, 0.3) is 9.05 Å². The van der Waals surface area contributed by atoms with E-state index in [4.69, 9.17) is 10.7 Å². The van der Waals surface area contributed by atoms with E-state index < -0.39 is 9.05 Å². The maximum Gasteiger partial charge on any atom is 0.261 e. The molecule has 0 fully saturated rings. The Labute approximate surface area is 94.3 Å². The second-order valence-electron chi connectivity index (χ2n) is 3.36. The van der Waals surface area contributed by atoms with Gasteiger partial charge in [-0.25, -0.2) is 8.42 Å². The summed E-state index contributed by atoms with van der Waals surface area (Å²) in [6, 6.07) is 0. The fourth-order valence-electron chi connectivity index (χ4n) is 1.15. The van der Waals surface area contributed by atoms with Crippen molar-refractivity contribution in [3.63, 3.8) is 0 Å². The van der Waals surface area contributed by atoms with Crippen LogP contribution in [-0.4, -0.2) is 14.6 Å². The zero-order valence-electron chi connectivity index (χ0n) is 8.35. The largest absolute Gasteiger partial charge is 0.269 e. The minimum atomic E-state index is -3.73. The molecule has 0 aliphatic carbocycles. The molecule has 5 heteroatoms. The lowest BCUT2D eigenvalue weighted by atomic mass is 10.1. The van der Waals surface area contributed by atoms with Crippen LogP contribution in [-0.2, 0) is 9.05 Å². The summed E-state index contributed by atoms with van der Waals surface area (Å²) < 4.78 is 22.5. The van der Waals surface area contributed by atoms with Gasteiger partial charge in [-0.2, -0.15) is 0 Å². The summed E-state index contributed by atoms with van der Waals surface area (Å²) in [4.78, 5) is 4.07. The van der Waals surface area contributed by atoms with Crippen LogP contribution in [0.1, 0.15) is 13.3 Å². The Bertz CT molecular complexity index is 446. The summed E-state index contributed by atoms with van der Waals surface area (Å²) in [5.74, 6) is 0.175. The predicted molar refractivity (Wildman–Crippen MR) is 63.4 cm³/mol. The first kappa shape index (κ1) is 12.2. The van der Waals surface area contributed by atoms with Gasteiger partial charge in [0.2, 0.25) is 0 Å². The molecule has 0 aromatic carbocycles. The van der Waals surface area contributed by atoms with Gasteiger partial charge in [-0.05, 0) is 24.0 Å². The highest BCUT2D eigenvalue weighted by Gasteiger charge is 2.16. The Morgan fingerprint density at radius 3 is 2.87 bits per heavy atom. The van der Waals surface area contributed by atoms with Gasteiger partial charge in [-0.3, -0.25) is 4.99 Å². The molecule has 0 saturated carbocycles. The monoisotopic (exact) mass is 245 g/mol. The maximum absolute atomic E-state index is 11.2. The summed E-state index contributed by atoms with van der Waals surface area (Å²) >= 11 is 0. The molecule has 15 heavy (non-hydrogen) atoms. The van der Waals surface area contributed by atoms with E-state index in [-0.39, 0.29) is 10.8 Å². The second kappa shape index (κ2) is 4.77. The number of rotatable bonds is 1. The molecule has 0 N–H and O–H groups in total. The van der Waals surface area contributed by atoms with Crippen LogP contribution in [0.3, 0.4) is 0 Å². The highest BCUT2D eigenvalue weighted by Crippen LogP contribution is 2.23. The number of halogens is 1. The minimum absolute atomic E-state index is 0.0674. The van der Waals surface area contributed by atoms with Crippen LogP contribution in [0, 0.1) is 5.92 Å². The van der Waals surface area contributed by atoms with Crippen LogP contribution in [0.2, 0.25) is 0 Å². The van der Waals surface area contributed by atoms with E-state index in [1.807, 2.05) is 6.92 Å². The third-order valence-corrected chi connectivity index (χ3v) is 3.41. The number of aliphatic imine (C=N–C) groups is 1. The summed E-state index contributed by atoms with van der Waals surface area (Å²) in [5.41, 5.74) is 0.358. The summed E-state index contributed by atoms with van der Waals surface area (Å²) in [6.07, 6.45) is 6.95. The van der Waals surface area contributed by atoms with Crippen LogP contribution in [0.15, 0.2) is 40.4 Å². The van der Waals surface area contributed by atoms with Crippen molar-refractivity contribution in [2.45, 2.75) is 13.3 Å². The lowest BCUT2D eigenvalue weighted by Gasteiger charge is -2.03. The summed E-state index contributed by atoms with van der Waals surface area (Å²) in [5, 5.41) is 0. The van der Waals surface area contributed by atoms with Gasteiger partial charge in [-0.1, -0.05) is 19.6 Å². The molecule has 1 aliphatic heterocycles. The molecule has 0 radical (unpaired) electrons. The van der Waals surface area contributed by atoms with Crippen LogP contribution in [0.5, 0.6) is 0 Å². The zero-order chi connectivity index (χ0) is 11.5. The first-order valence-corrected chi connectivity index (χ1v) is 6.76. The molecule has 1 heterocycles. The van der Waals surface area contributed by atoms with Gasteiger partial charge in [0, 0.05) is 23.1 Å². The molecular formula is C10H12ClNO2S. The minimum Gasteiger partial charge on any atom is -0.269 e. The van der Waals surface area contributed by atoms with Crippen molar-refractivity contribution in [2.24, 2.45) is 10.9 Å². The summed E-state index contributed by atoms with van der Waals surface area (Å²) in [6.45, 7) is 5.58. The van der Waals surface area contributed by atoms with Crippen molar-refractivity contribution >= 4 is 25.9 Å². The fraction of sp³-hybridized carbons (Fsp3) is 0.300. The Morgan fingerprint density at radius 1 is 1.60 bits per heavy atom. The standard InChI is InChI=1S/C10H12ClNO2S/c1-8-3-4-10(15(11,13)14)9(2)5-6-12-7-8/h4-8H,2-3H2,1H3/b6-5-,10-4?,12-7?. The lowest BCUT2D eigenvalue weighted by Crippen LogP contribution is -1.99. The molecule has 0 spiro atoms. The molecule has 1 aliphatic rings. The van der Waals surface area contributed by atoms with E-state index in [9.17, 15) is 8.42 Å². The Hall–Kier alpha value is -0.870. The molecule has 82 valence electrons. The third-order valence-electron chi connectivity index (χ3n) is 1.96. The first-order chi connectivity index (χ1) is 6.91. The van der Waals surface area contributed by atoms with Gasteiger partial charge in [0.05, 0.1) is 4.91 Å². The fourth-order valence-corrected chi connectivity index (χ4v) is 2.32. The number of hydrogen-bond acceptors (Lipinski definition) is 3. The first-order valence-electron chi connectivity index (χ1n) is 4.45. The van der Waals surface area contributed by atoms with Gasteiger partial charge < -0.3 is 0 Å². The van der Waals surface area contributed by atoms with Crippen LogP contribution < -0.4 is 0 Å². The van der Waals surface area contributed by atoms with E-state index >= 15 is 0 Å². The molecule has 0 aromatic rings. The normalized spacial score (nSPS) is 25.1. The molecule has 1 atom stereocenters. The highest BCUT2D eigenvalue weighted by molar-refractivity contribution is 8.17. The van der Waals surface area contributed by atoms with Crippen molar-refractivity contribution < 1.29 is 8.42 Å². The van der Waals surface area contributed by atoms with E-state index in [1.54, 1.807) is 12.3 Å². The predicted octanol–water partition coefficient (Wildman–Crippen LogP) is 2.62. The molecule has 0 saturated heterocycles. The average Bonchev–Trinajstić information content (AvgIpc) is 2.16. The van der Waals surface area contributed by atoms with Crippen molar-refractivity contribution in [3.8, 4) is 0 Å². The van der Waals surface area contributed by atoms with Crippen molar-refractivity contribution in [2.75, 3.05) is 0 Å². The van der Waals surface area contributed by atoms with E-state index in [2.05, 4.69) is 11.6 Å². The molecule has 1 unspecified atom stereocenters. The topological polar surface area (TPSA) is 46.5 Å². The van der Waals surface area contributed by atoms with Crippen LogP contribution in [0.25, 0.3) is 0 Å². The molecule has 1 rings (SSSR count). The Kier molecular flexibility index (Phi) is 3.88. The van der Waals surface area contributed by atoms with Crippen LogP contribution in [0.4, 0.5) is 0 Å². The van der Waals surface area contributed by atoms with Gasteiger partial charge in [0.15, 0.2) is 0 Å². The zero-order valence-corrected chi connectivity index (χ0v) is 9.92. The number of nitrogens with zero attached hydrogens (tertiary/aromatic N) is 1. The molecule has 0 amide bonds. The second-order valence-corrected chi connectivity index (χ2v) is 5.89. The van der Waals surface area contributed by atoms with Gasteiger partial charge >= 0.3 is 0 Å². The average molecular weight is 246 g/mol. The Morgan fingerprint density at radius 2 is 2.27 bits per heavy atom. The third kappa shape index (κ3) is 3.64. The number of allylic oxidation sites excluding steroid dienone is 3. The van der Waals surface area contributed by atoms with Gasteiger partial charge in [-0.15, -0.1) is 0 Å². The van der Waals surface area contributed by atoms with E-state index in [1.165, 1.54) is 12.3 Å². The van der Waals surface area contributed by atoms with Gasteiger partial charge in [0.1, 0.15) is 0 Å². The van der Waals surface area contributed by atoms with Crippen molar-refractivity contribution in [3.05, 3.63) is 35.4 Å². The summed E-state index contributed by atoms with van der Waals surface area (Å²) in [7, 11) is 1.57. The maximum atomic E-state index is 11.2. The van der Waals surface area contributed by atoms with E-state index in [0.29, 0.717) is 12.0 Å². The number of hydrogen-bond donors (Lipinski definition) is 0.